The number of hydrogen-bond donors (Lipinski definition) is 0. The van der Waals surface area contributed by atoms with Crippen LogP contribution in [0, 0.1) is 5.92 Å². The number of amides is 2. The summed E-state index contributed by atoms with van der Waals surface area (Å²) in [6.07, 6.45) is 6.18. The summed E-state index contributed by atoms with van der Waals surface area (Å²) in [5.74, 6) is 0.296. The molecule has 5 heteroatoms. The fourth-order valence-corrected chi connectivity index (χ4v) is 3.78. The molecule has 0 radical (unpaired) electrons. The molecule has 0 aliphatic carbocycles. The van der Waals surface area contributed by atoms with Gasteiger partial charge in [0, 0.05) is 52.7 Å². The molecule has 3 rings (SSSR count). The van der Waals surface area contributed by atoms with Crippen molar-refractivity contribution in [1.29, 1.82) is 0 Å². The van der Waals surface area contributed by atoms with Gasteiger partial charge in [-0.15, -0.1) is 0 Å². The fraction of sp³-hybridized carbons (Fsp3) is 0.524. The number of hydrogen-bond acceptors (Lipinski definition) is 3. The van der Waals surface area contributed by atoms with Crippen LogP contribution in [0.25, 0.3) is 6.08 Å². The summed E-state index contributed by atoms with van der Waals surface area (Å²) in [7, 11) is 0. The zero-order chi connectivity index (χ0) is 18.4. The maximum Gasteiger partial charge on any atom is 0.227 e. The minimum Gasteiger partial charge on any atom is -0.342 e. The first-order valence-corrected chi connectivity index (χ1v) is 9.62. The molecule has 2 amide bonds. The van der Waals surface area contributed by atoms with E-state index in [0.29, 0.717) is 6.54 Å². The Kier molecular flexibility index (Phi) is 6.45. The van der Waals surface area contributed by atoms with E-state index in [9.17, 15) is 9.59 Å². The van der Waals surface area contributed by atoms with Gasteiger partial charge in [0.15, 0.2) is 0 Å². The second kappa shape index (κ2) is 8.99. The van der Waals surface area contributed by atoms with Gasteiger partial charge in [0.1, 0.15) is 0 Å². The normalized spacial score (nSPS) is 22.0. The molecule has 1 unspecified atom stereocenters. The molecule has 0 aromatic heterocycles. The largest absolute Gasteiger partial charge is 0.342 e. The van der Waals surface area contributed by atoms with E-state index in [1.165, 1.54) is 5.56 Å². The van der Waals surface area contributed by atoms with Crippen molar-refractivity contribution in [3.63, 3.8) is 0 Å². The molecule has 140 valence electrons. The van der Waals surface area contributed by atoms with Crippen molar-refractivity contribution >= 4 is 17.9 Å². The second-order valence-electron chi connectivity index (χ2n) is 7.24. The van der Waals surface area contributed by atoms with Crippen LogP contribution in [-0.4, -0.2) is 72.3 Å². The number of benzene rings is 1. The first-order valence-electron chi connectivity index (χ1n) is 9.62. The van der Waals surface area contributed by atoms with Crippen molar-refractivity contribution in [2.45, 2.75) is 19.8 Å². The first kappa shape index (κ1) is 18.6. The monoisotopic (exact) mass is 355 g/mol. The van der Waals surface area contributed by atoms with Crippen LogP contribution >= 0.6 is 0 Å². The standard InChI is InChI=1S/C21H29N3O2/c1-18(25)24-12-6-10-20(17-24)21(26)23-15-13-22(14-16-23)11-5-9-19-7-3-2-4-8-19/h2-5,7-9,20H,6,10-17H2,1H3. The lowest BCUT2D eigenvalue weighted by Gasteiger charge is -2.38. The third-order valence-electron chi connectivity index (χ3n) is 5.37. The molecule has 0 spiro atoms. The quantitative estimate of drug-likeness (QED) is 0.831. The van der Waals surface area contributed by atoms with Gasteiger partial charge in [-0.1, -0.05) is 42.5 Å². The van der Waals surface area contributed by atoms with E-state index in [0.717, 1.165) is 52.1 Å². The van der Waals surface area contributed by atoms with Crippen LogP contribution in [-0.2, 0) is 9.59 Å². The summed E-state index contributed by atoms with van der Waals surface area (Å²) in [5.41, 5.74) is 1.22. The predicted molar refractivity (Wildman–Crippen MR) is 103 cm³/mol. The molecule has 0 N–H and O–H groups in total. The molecule has 2 saturated heterocycles. The SMILES string of the molecule is CC(=O)N1CCCC(C(=O)N2CCN(CC=Cc3ccccc3)CC2)C1. The van der Waals surface area contributed by atoms with Gasteiger partial charge in [-0.05, 0) is 18.4 Å². The van der Waals surface area contributed by atoms with Crippen LogP contribution < -0.4 is 0 Å². The smallest absolute Gasteiger partial charge is 0.227 e. The molecule has 2 aliphatic heterocycles. The summed E-state index contributed by atoms with van der Waals surface area (Å²) in [6, 6.07) is 10.3. The lowest BCUT2D eigenvalue weighted by Crippen LogP contribution is -2.52. The molecule has 0 bridgehead atoms. The van der Waals surface area contributed by atoms with E-state index >= 15 is 0 Å². The van der Waals surface area contributed by atoms with Gasteiger partial charge in [-0.3, -0.25) is 14.5 Å². The van der Waals surface area contributed by atoms with Gasteiger partial charge >= 0.3 is 0 Å². The number of piperidine rings is 1. The average Bonchev–Trinajstić information content (AvgIpc) is 2.69. The number of piperazine rings is 1. The Morgan fingerprint density at radius 2 is 1.77 bits per heavy atom. The summed E-state index contributed by atoms with van der Waals surface area (Å²) in [5, 5.41) is 0. The highest BCUT2D eigenvalue weighted by Crippen LogP contribution is 2.20. The van der Waals surface area contributed by atoms with E-state index in [1.54, 1.807) is 6.92 Å². The Balaban J connectivity index is 1.43. The lowest BCUT2D eigenvalue weighted by atomic mass is 9.96. The first-order chi connectivity index (χ1) is 12.6. The summed E-state index contributed by atoms with van der Waals surface area (Å²) >= 11 is 0. The third kappa shape index (κ3) is 4.94. The topological polar surface area (TPSA) is 43.9 Å². The Labute approximate surface area is 156 Å². The number of carbonyl (C=O) groups excluding carboxylic acids is 2. The van der Waals surface area contributed by atoms with Crippen molar-refractivity contribution in [3.8, 4) is 0 Å². The number of carbonyl (C=O) groups is 2. The third-order valence-corrected chi connectivity index (χ3v) is 5.37. The van der Waals surface area contributed by atoms with Crippen LogP contribution in [0.5, 0.6) is 0 Å². The van der Waals surface area contributed by atoms with Crippen molar-refractivity contribution < 1.29 is 9.59 Å². The maximum atomic E-state index is 12.8. The molecule has 26 heavy (non-hydrogen) atoms. The molecule has 0 saturated carbocycles. The average molecular weight is 355 g/mol. The molecular formula is C21H29N3O2. The van der Waals surface area contributed by atoms with Gasteiger partial charge in [-0.25, -0.2) is 0 Å². The van der Waals surface area contributed by atoms with E-state index in [2.05, 4.69) is 29.2 Å². The van der Waals surface area contributed by atoms with Crippen LogP contribution in [0.1, 0.15) is 25.3 Å². The van der Waals surface area contributed by atoms with Crippen molar-refractivity contribution in [2.24, 2.45) is 5.92 Å². The Hall–Kier alpha value is -2.14. The molecule has 1 aromatic carbocycles. The van der Waals surface area contributed by atoms with Crippen LogP contribution in [0.4, 0.5) is 0 Å². The van der Waals surface area contributed by atoms with E-state index in [-0.39, 0.29) is 17.7 Å². The van der Waals surface area contributed by atoms with E-state index < -0.39 is 0 Å². The maximum absolute atomic E-state index is 12.8. The molecule has 1 aromatic rings. The molecule has 2 aliphatic rings. The number of likely N-dealkylation sites (tertiary alicyclic amines) is 1. The highest BCUT2D eigenvalue weighted by molar-refractivity contribution is 5.81. The number of nitrogens with zero attached hydrogens (tertiary/aromatic N) is 3. The van der Waals surface area contributed by atoms with Crippen LogP contribution in [0.3, 0.4) is 0 Å². The highest BCUT2D eigenvalue weighted by Gasteiger charge is 2.31. The van der Waals surface area contributed by atoms with Crippen molar-refractivity contribution in [2.75, 3.05) is 45.8 Å². The van der Waals surface area contributed by atoms with Crippen molar-refractivity contribution in [3.05, 3.63) is 42.0 Å². The minimum absolute atomic E-state index is 0.0165. The number of rotatable bonds is 4. The van der Waals surface area contributed by atoms with E-state index in [1.807, 2.05) is 28.0 Å². The lowest BCUT2D eigenvalue weighted by molar-refractivity contribution is -0.141. The zero-order valence-electron chi connectivity index (χ0n) is 15.6. The zero-order valence-corrected chi connectivity index (χ0v) is 15.6. The van der Waals surface area contributed by atoms with Gasteiger partial charge < -0.3 is 9.80 Å². The van der Waals surface area contributed by atoms with Crippen molar-refractivity contribution in [1.82, 2.24) is 14.7 Å². The van der Waals surface area contributed by atoms with Gasteiger partial charge in [0.05, 0.1) is 5.92 Å². The van der Waals surface area contributed by atoms with Gasteiger partial charge in [0.25, 0.3) is 0 Å². The predicted octanol–water partition coefficient (Wildman–Crippen LogP) is 2.10. The van der Waals surface area contributed by atoms with Crippen LogP contribution in [0.15, 0.2) is 36.4 Å². The van der Waals surface area contributed by atoms with Crippen LogP contribution in [0.2, 0.25) is 0 Å². The summed E-state index contributed by atoms with van der Waals surface area (Å²) in [6.45, 7) is 7.28. The summed E-state index contributed by atoms with van der Waals surface area (Å²) in [4.78, 5) is 30.5. The highest BCUT2D eigenvalue weighted by atomic mass is 16.2. The molecule has 2 fully saturated rings. The fourth-order valence-electron chi connectivity index (χ4n) is 3.78. The Bertz CT molecular complexity index is 636. The molecular weight excluding hydrogens is 326 g/mol. The summed E-state index contributed by atoms with van der Waals surface area (Å²) < 4.78 is 0. The molecule has 2 heterocycles. The second-order valence-corrected chi connectivity index (χ2v) is 7.24. The van der Waals surface area contributed by atoms with E-state index in [4.69, 9.17) is 0 Å². The Morgan fingerprint density at radius 1 is 1.04 bits per heavy atom. The minimum atomic E-state index is -0.0165. The van der Waals surface area contributed by atoms with Gasteiger partial charge in [0.2, 0.25) is 11.8 Å². The molecule has 1 atom stereocenters. The molecule has 5 nitrogen and oxygen atoms in total. The Morgan fingerprint density at radius 3 is 2.46 bits per heavy atom. The van der Waals surface area contributed by atoms with Gasteiger partial charge in [-0.2, -0.15) is 0 Å².